The van der Waals surface area contributed by atoms with Crippen LogP contribution in [0.15, 0.2) is 67.0 Å². The zero-order valence-corrected chi connectivity index (χ0v) is 15.3. The van der Waals surface area contributed by atoms with Gasteiger partial charge in [0.05, 0.1) is 5.02 Å². The molecular formula is C20H16Cl2N2O2. The largest absolute Gasteiger partial charge is 0.482 e. The molecule has 0 aliphatic rings. The van der Waals surface area contributed by atoms with Crippen molar-refractivity contribution < 1.29 is 9.53 Å². The lowest BCUT2D eigenvalue weighted by atomic mass is 10.1. The third kappa shape index (κ3) is 5.22. The number of hydrogen-bond donors (Lipinski definition) is 1. The van der Waals surface area contributed by atoms with Crippen LogP contribution in [0.3, 0.4) is 0 Å². The Kier molecular flexibility index (Phi) is 6.10. The minimum absolute atomic E-state index is 0.139. The van der Waals surface area contributed by atoms with E-state index in [1.807, 2.05) is 36.4 Å². The van der Waals surface area contributed by atoms with Crippen molar-refractivity contribution in [2.45, 2.75) is 6.42 Å². The van der Waals surface area contributed by atoms with E-state index in [9.17, 15) is 4.79 Å². The van der Waals surface area contributed by atoms with Gasteiger partial charge in [0.1, 0.15) is 5.75 Å². The van der Waals surface area contributed by atoms with Crippen LogP contribution in [0.2, 0.25) is 10.0 Å². The average Bonchev–Trinajstić information content (AvgIpc) is 2.63. The maximum absolute atomic E-state index is 12.0. The summed E-state index contributed by atoms with van der Waals surface area (Å²) < 4.78 is 5.42. The predicted octanol–water partition coefficient (Wildman–Crippen LogP) is 5.00. The van der Waals surface area contributed by atoms with Gasteiger partial charge in [0.25, 0.3) is 5.91 Å². The number of halogens is 2. The van der Waals surface area contributed by atoms with Gasteiger partial charge in [-0.05, 0) is 60.0 Å². The van der Waals surface area contributed by atoms with Crippen molar-refractivity contribution in [2.75, 3.05) is 11.9 Å². The molecule has 3 aromatic rings. The van der Waals surface area contributed by atoms with Crippen molar-refractivity contribution in [3.05, 3.63) is 88.2 Å². The SMILES string of the molecule is O=C(COc1ccc(Cl)cc1Cl)Nc1ccc(Cc2ccncc2)cc1. The number of nitrogens with one attached hydrogen (secondary N) is 1. The Hall–Kier alpha value is -2.56. The molecule has 6 heteroatoms. The van der Waals surface area contributed by atoms with Crippen molar-refractivity contribution in [1.29, 1.82) is 0 Å². The Bertz CT molecular complexity index is 884. The van der Waals surface area contributed by atoms with E-state index in [0.717, 1.165) is 12.0 Å². The molecule has 3 rings (SSSR count). The standard InChI is InChI=1S/C20H16Cl2N2O2/c21-16-3-6-19(18(22)12-16)26-13-20(25)24-17-4-1-14(2-5-17)11-15-7-9-23-10-8-15/h1-10,12H,11,13H2,(H,24,25). The van der Waals surface area contributed by atoms with Crippen LogP contribution in [0.25, 0.3) is 0 Å². The number of carbonyl (C=O) groups excluding carboxylic acids is 1. The first-order valence-electron chi connectivity index (χ1n) is 7.96. The van der Waals surface area contributed by atoms with Crippen LogP contribution in [0.1, 0.15) is 11.1 Å². The van der Waals surface area contributed by atoms with Crippen LogP contribution in [0.4, 0.5) is 5.69 Å². The quantitative estimate of drug-likeness (QED) is 0.648. The summed E-state index contributed by atoms with van der Waals surface area (Å²) in [6.45, 7) is -0.139. The number of anilines is 1. The molecular weight excluding hydrogens is 371 g/mol. The monoisotopic (exact) mass is 386 g/mol. The Labute approximate surface area is 161 Å². The summed E-state index contributed by atoms with van der Waals surface area (Å²) in [6, 6.07) is 16.5. The van der Waals surface area contributed by atoms with E-state index < -0.39 is 0 Å². The van der Waals surface area contributed by atoms with E-state index in [-0.39, 0.29) is 12.5 Å². The molecule has 0 saturated carbocycles. The number of rotatable bonds is 6. The van der Waals surface area contributed by atoms with Gasteiger partial charge in [-0.25, -0.2) is 0 Å². The number of amides is 1. The van der Waals surface area contributed by atoms with E-state index in [1.54, 1.807) is 30.6 Å². The van der Waals surface area contributed by atoms with Gasteiger partial charge in [-0.3, -0.25) is 9.78 Å². The van der Waals surface area contributed by atoms with Gasteiger partial charge in [0.2, 0.25) is 0 Å². The maximum atomic E-state index is 12.0. The van der Waals surface area contributed by atoms with Crippen LogP contribution in [0.5, 0.6) is 5.75 Å². The van der Waals surface area contributed by atoms with Crippen LogP contribution in [-0.4, -0.2) is 17.5 Å². The fraction of sp³-hybridized carbons (Fsp3) is 0.100. The Balaban J connectivity index is 1.52. The molecule has 1 heterocycles. The molecule has 0 bridgehead atoms. The number of benzene rings is 2. The van der Waals surface area contributed by atoms with E-state index in [1.165, 1.54) is 5.56 Å². The summed E-state index contributed by atoms with van der Waals surface area (Å²) in [6.07, 6.45) is 4.36. The second-order valence-corrected chi connectivity index (χ2v) is 6.48. The van der Waals surface area contributed by atoms with Crippen molar-refractivity contribution >= 4 is 34.8 Å². The number of pyridine rings is 1. The van der Waals surface area contributed by atoms with E-state index in [4.69, 9.17) is 27.9 Å². The molecule has 1 N–H and O–H groups in total. The minimum Gasteiger partial charge on any atom is -0.482 e. The molecule has 0 unspecified atom stereocenters. The fourth-order valence-corrected chi connectivity index (χ4v) is 2.84. The molecule has 0 aliphatic carbocycles. The van der Waals surface area contributed by atoms with Gasteiger partial charge >= 0.3 is 0 Å². The summed E-state index contributed by atoms with van der Waals surface area (Å²) in [5.41, 5.74) is 3.04. The second kappa shape index (κ2) is 8.70. The maximum Gasteiger partial charge on any atom is 0.262 e. The third-order valence-corrected chi connectivity index (χ3v) is 4.18. The van der Waals surface area contributed by atoms with Crippen molar-refractivity contribution in [2.24, 2.45) is 0 Å². The lowest BCUT2D eigenvalue weighted by Crippen LogP contribution is -2.20. The van der Waals surface area contributed by atoms with Crippen LogP contribution >= 0.6 is 23.2 Å². The third-order valence-electron chi connectivity index (χ3n) is 3.65. The van der Waals surface area contributed by atoms with Gasteiger partial charge < -0.3 is 10.1 Å². The highest BCUT2D eigenvalue weighted by Crippen LogP contribution is 2.27. The Morgan fingerprint density at radius 2 is 1.65 bits per heavy atom. The molecule has 0 saturated heterocycles. The highest BCUT2D eigenvalue weighted by atomic mass is 35.5. The number of ether oxygens (including phenoxy) is 1. The summed E-state index contributed by atoms with van der Waals surface area (Å²) in [7, 11) is 0. The summed E-state index contributed by atoms with van der Waals surface area (Å²) in [5, 5.41) is 3.67. The molecule has 1 amide bonds. The lowest BCUT2D eigenvalue weighted by molar-refractivity contribution is -0.118. The first-order valence-corrected chi connectivity index (χ1v) is 8.71. The van der Waals surface area contributed by atoms with Crippen molar-refractivity contribution in [1.82, 2.24) is 4.98 Å². The topological polar surface area (TPSA) is 51.2 Å². The molecule has 26 heavy (non-hydrogen) atoms. The van der Waals surface area contributed by atoms with Gasteiger partial charge in [-0.15, -0.1) is 0 Å². The zero-order valence-electron chi connectivity index (χ0n) is 13.8. The Morgan fingerprint density at radius 3 is 2.35 bits per heavy atom. The minimum atomic E-state index is -0.266. The van der Waals surface area contributed by atoms with E-state index in [0.29, 0.717) is 21.5 Å². The number of hydrogen-bond acceptors (Lipinski definition) is 3. The van der Waals surface area contributed by atoms with E-state index >= 15 is 0 Å². The van der Waals surface area contributed by atoms with Crippen LogP contribution < -0.4 is 10.1 Å². The lowest BCUT2D eigenvalue weighted by Gasteiger charge is -2.09. The highest BCUT2D eigenvalue weighted by molar-refractivity contribution is 6.35. The smallest absolute Gasteiger partial charge is 0.262 e. The molecule has 0 aliphatic heterocycles. The van der Waals surface area contributed by atoms with Crippen LogP contribution in [0, 0.1) is 0 Å². The molecule has 132 valence electrons. The number of carbonyl (C=O) groups is 1. The summed E-state index contributed by atoms with van der Waals surface area (Å²) >= 11 is 11.8. The Morgan fingerprint density at radius 1 is 0.962 bits per heavy atom. The summed E-state index contributed by atoms with van der Waals surface area (Å²) in [4.78, 5) is 16.0. The first kappa shape index (κ1) is 18.2. The van der Waals surface area contributed by atoms with Gasteiger partial charge in [0.15, 0.2) is 6.61 Å². The molecule has 4 nitrogen and oxygen atoms in total. The molecule has 1 aromatic heterocycles. The fourth-order valence-electron chi connectivity index (χ4n) is 2.37. The zero-order chi connectivity index (χ0) is 18.4. The predicted molar refractivity (Wildman–Crippen MR) is 104 cm³/mol. The van der Waals surface area contributed by atoms with Crippen LogP contribution in [-0.2, 0) is 11.2 Å². The van der Waals surface area contributed by atoms with Crippen molar-refractivity contribution in [3.8, 4) is 5.75 Å². The van der Waals surface area contributed by atoms with E-state index in [2.05, 4.69) is 10.3 Å². The average molecular weight is 387 g/mol. The molecule has 0 radical (unpaired) electrons. The van der Waals surface area contributed by atoms with Gasteiger partial charge in [-0.2, -0.15) is 0 Å². The molecule has 2 aromatic carbocycles. The molecule has 0 fully saturated rings. The normalized spacial score (nSPS) is 10.4. The second-order valence-electron chi connectivity index (χ2n) is 5.64. The molecule has 0 spiro atoms. The van der Waals surface area contributed by atoms with Gasteiger partial charge in [0, 0.05) is 23.1 Å². The van der Waals surface area contributed by atoms with Crippen molar-refractivity contribution in [3.63, 3.8) is 0 Å². The molecule has 0 atom stereocenters. The number of aromatic nitrogens is 1. The summed E-state index contributed by atoms with van der Waals surface area (Å²) in [5.74, 6) is 0.150. The highest BCUT2D eigenvalue weighted by Gasteiger charge is 2.07. The first-order chi connectivity index (χ1) is 12.6. The number of nitrogens with zero attached hydrogens (tertiary/aromatic N) is 1. The van der Waals surface area contributed by atoms with Gasteiger partial charge in [-0.1, -0.05) is 35.3 Å².